The van der Waals surface area contributed by atoms with Gasteiger partial charge in [0.05, 0.1) is 0 Å². The van der Waals surface area contributed by atoms with Gasteiger partial charge < -0.3 is 15.2 Å². The third-order valence-corrected chi connectivity index (χ3v) is 2.21. The van der Waals surface area contributed by atoms with Gasteiger partial charge in [-0.15, -0.1) is 0 Å². The number of nitrogens with one attached hydrogen (secondary N) is 1. The number of carboxylic acid groups (broad SMARTS) is 1. The van der Waals surface area contributed by atoms with Gasteiger partial charge in [-0.1, -0.05) is 27.7 Å². The third kappa shape index (κ3) is 7.65. The van der Waals surface area contributed by atoms with Gasteiger partial charge in [0.2, 0.25) is 0 Å². The highest BCUT2D eigenvalue weighted by Crippen LogP contribution is 2.01. The molecule has 4 nitrogen and oxygen atoms in total. The molecule has 0 bridgehead atoms. The maximum Gasteiger partial charge on any atom is 0.320 e. The molecule has 0 aliphatic rings. The lowest BCUT2D eigenvalue weighted by molar-refractivity contribution is -0.140. The monoisotopic (exact) mass is 231 g/mol. The molecule has 0 heterocycles. The van der Waals surface area contributed by atoms with E-state index in [1.807, 2.05) is 13.8 Å². The molecule has 0 saturated heterocycles. The lowest BCUT2D eigenvalue weighted by Crippen LogP contribution is -2.41. The fraction of sp³-hybridized carbons (Fsp3) is 0.917. The van der Waals surface area contributed by atoms with Crippen LogP contribution in [0.2, 0.25) is 0 Å². The van der Waals surface area contributed by atoms with Gasteiger partial charge in [-0.05, 0) is 24.8 Å². The molecule has 0 amide bonds. The van der Waals surface area contributed by atoms with Crippen molar-refractivity contribution in [2.24, 2.45) is 11.8 Å². The summed E-state index contributed by atoms with van der Waals surface area (Å²) in [7, 11) is 0. The maximum atomic E-state index is 10.9. The molecule has 0 rings (SSSR count). The molecular weight excluding hydrogens is 206 g/mol. The Labute approximate surface area is 98.4 Å². The van der Waals surface area contributed by atoms with Crippen LogP contribution in [0.15, 0.2) is 0 Å². The summed E-state index contributed by atoms with van der Waals surface area (Å²) in [6.45, 7) is 10.2. The van der Waals surface area contributed by atoms with E-state index in [1.54, 1.807) is 0 Å². The number of ether oxygens (including phenoxy) is 1. The molecule has 0 fully saturated rings. The minimum Gasteiger partial charge on any atom is -0.480 e. The topological polar surface area (TPSA) is 58.6 Å². The van der Waals surface area contributed by atoms with E-state index in [4.69, 9.17) is 9.84 Å². The average molecular weight is 231 g/mol. The molecule has 0 spiro atoms. The van der Waals surface area contributed by atoms with Crippen molar-refractivity contribution >= 4 is 5.97 Å². The Kier molecular flexibility index (Phi) is 8.21. The Balaban J connectivity index is 3.52. The van der Waals surface area contributed by atoms with Gasteiger partial charge in [-0.3, -0.25) is 4.79 Å². The minimum absolute atomic E-state index is 0.106. The second kappa shape index (κ2) is 8.53. The first-order valence-corrected chi connectivity index (χ1v) is 5.99. The molecule has 0 radical (unpaired) electrons. The van der Waals surface area contributed by atoms with Crippen LogP contribution >= 0.6 is 0 Å². The molecule has 0 aliphatic heterocycles. The molecule has 2 N–H and O–H groups in total. The quantitative estimate of drug-likeness (QED) is 0.594. The van der Waals surface area contributed by atoms with Gasteiger partial charge in [0.25, 0.3) is 0 Å². The van der Waals surface area contributed by atoms with E-state index < -0.39 is 12.0 Å². The molecule has 0 aromatic carbocycles. The number of hydrogen-bond donors (Lipinski definition) is 2. The molecule has 0 saturated carbocycles. The smallest absolute Gasteiger partial charge is 0.320 e. The predicted octanol–water partition coefficient (Wildman–Crippen LogP) is 1.75. The highest BCUT2D eigenvalue weighted by molar-refractivity contribution is 5.73. The summed E-state index contributed by atoms with van der Waals surface area (Å²) in [6.07, 6.45) is 0.850. The van der Waals surface area contributed by atoms with Gasteiger partial charge in [-0.25, -0.2) is 0 Å². The Morgan fingerprint density at radius 1 is 1.31 bits per heavy atom. The number of hydrogen-bond acceptors (Lipinski definition) is 3. The zero-order chi connectivity index (χ0) is 12.6. The van der Waals surface area contributed by atoms with Crippen LogP contribution in [-0.2, 0) is 9.53 Å². The molecule has 16 heavy (non-hydrogen) atoms. The fourth-order valence-corrected chi connectivity index (χ4v) is 1.36. The summed E-state index contributed by atoms with van der Waals surface area (Å²) >= 11 is 0. The van der Waals surface area contributed by atoms with Gasteiger partial charge >= 0.3 is 5.97 Å². The summed E-state index contributed by atoms with van der Waals surface area (Å²) in [5, 5.41) is 12.0. The van der Waals surface area contributed by atoms with E-state index in [0.717, 1.165) is 13.0 Å². The van der Waals surface area contributed by atoms with Crippen molar-refractivity contribution in [3.63, 3.8) is 0 Å². The number of carbonyl (C=O) groups is 1. The molecule has 1 atom stereocenters. The number of carboxylic acids is 1. The van der Waals surface area contributed by atoms with E-state index in [-0.39, 0.29) is 5.92 Å². The first-order chi connectivity index (χ1) is 7.45. The van der Waals surface area contributed by atoms with Crippen molar-refractivity contribution in [2.45, 2.75) is 40.2 Å². The van der Waals surface area contributed by atoms with E-state index in [2.05, 4.69) is 19.2 Å². The van der Waals surface area contributed by atoms with Crippen molar-refractivity contribution in [1.82, 2.24) is 5.32 Å². The second-order valence-electron chi connectivity index (χ2n) is 4.84. The summed E-state index contributed by atoms with van der Waals surface area (Å²) < 4.78 is 5.41. The molecule has 0 aliphatic carbocycles. The van der Waals surface area contributed by atoms with Crippen molar-refractivity contribution in [1.29, 1.82) is 0 Å². The summed E-state index contributed by atoms with van der Waals surface area (Å²) in [6, 6.07) is -0.454. The predicted molar refractivity (Wildman–Crippen MR) is 64.5 cm³/mol. The zero-order valence-corrected chi connectivity index (χ0v) is 10.8. The molecule has 1 unspecified atom stereocenters. The number of aliphatic carboxylic acids is 1. The summed E-state index contributed by atoms with van der Waals surface area (Å²) in [4.78, 5) is 10.9. The highest BCUT2D eigenvalue weighted by Gasteiger charge is 2.19. The molecule has 0 aromatic rings. The average Bonchev–Trinajstić information content (AvgIpc) is 2.14. The Morgan fingerprint density at radius 2 is 1.94 bits per heavy atom. The van der Waals surface area contributed by atoms with Crippen molar-refractivity contribution < 1.29 is 14.6 Å². The van der Waals surface area contributed by atoms with Gasteiger partial charge in [-0.2, -0.15) is 0 Å². The van der Waals surface area contributed by atoms with E-state index >= 15 is 0 Å². The molecule has 4 heteroatoms. The Hall–Kier alpha value is -0.610. The van der Waals surface area contributed by atoms with Crippen LogP contribution in [0.4, 0.5) is 0 Å². The van der Waals surface area contributed by atoms with Crippen molar-refractivity contribution in [3.8, 4) is 0 Å². The van der Waals surface area contributed by atoms with Crippen LogP contribution in [0.25, 0.3) is 0 Å². The zero-order valence-electron chi connectivity index (χ0n) is 10.8. The van der Waals surface area contributed by atoms with Gasteiger partial charge in [0.15, 0.2) is 0 Å². The highest BCUT2D eigenvalue weighted by atomic mass is 16.5. The normalized spacial score (nSPS) is 13.4. The first-order valence-electron chi connectivity index (χ1n) is 5.99. The van der Waals surface area contributed by atoms with Gasteiger partial charge in [0, 0.05) is 13.2 Å². The first kappa shape index (κ1) is 15.4. The Morgan fingerprint density at radius 3 is 2.38 bits per heavy atom. The van der Waals surface area contributed by atoms with E-state index in [1.165, 1.54) is 0 Å². The fourth-order valence-electron chi connectivity index (χ4n) is 1.36. The van der Waals surface area contributed by atoms with Crippen LogP contribution in [-0.4, -0.2) is 36.9 Å². The standard InChI is InChI=1S/C12H25NO3/c1-9(2)8-16-7-5-6-13-11(10(3)4)12(14)15/h9-11,13H,5-8H2,1-4H3,(H,14,15). The van der Waals surface area contributed by atoms with Crippen LogP contribution in [0, 0.1) is 11.8 Å². The summed E-state index contributed by atoms with van der Waals surface area (Å²) in [5.41, 5.74) is 0. The van der Waals surface area contributed by atoms with E-state index in [0.29, 0.717) is 19.1 Å². The molecule has 0 aromatic heterocycles. The van der Waals surface area contributed by atoms with Crippen molar-refractivity contribution in [2.75, 3.05) is 19.8 Å². The van der Waals surface area contributed by atoms with Gasteiger partial charge in [0.1, 0.15) is 6.04 Å². The summed E-state index contributed by atoms with van der Waals surface area (Å²) in [5.74, 6) is -0.123. The lowest BCUT2D eigenvalue weighted by Gasteiger charge is -2.17. The van der Waals surface area contributed by atoms with E-state index in [9.17, 15) is 4.79 Å². The minimum atomic E-state index is -0.780. The number of rotatable bonds is 9. The largest absolute Gasteiger partial charge is 0.480 e. The maximum absolute atomic E-state index is 10.9. The molecular formula is C12H25NO3. The SMILES string of the molecule is CC(C)COCCCNC(C(=O)O)C(C)C. The van der Waals surface area contributed by atoms with Crippen LogP contribution < -0.4 is 5.32 Å². The third-order valence-electron chi connectivity index (χ3n) is 2.21. The van der Waals surface area contributed by atoms with Crippen LogP contribution in [0.1, 0.15) is 34.1 Å². The molecule has 96 valence electrons. The Bertz CT molecular complexity index is 193. The lowest BCUT2D eigenvalue weighted by atomic mass is 10.0. The second-order valence-corrected chi connectivity index (χ2v) is 4.84. The van der Waals surface area contributed by atoms with Crippen LogP contribution in [0.3, 0.4) is 0 Å². The van der Waals surface area contributed by atoms with Crippen molar-refractivity contribution in [3.05, 3.63) is 0 Å². The van der Waals surface area contributed by atoms with Crippen LogP contribution in [0.5, 0.6) is 0 Å².